The van der Waals surface area contributed by atoms with Crippen LogP contribution in [0.5, 0.6) is 17.2 Å². The van der Waals surface area contributed by atoms with Gasteiger partial charge < -0.3 is 14.2 Å². The molecule has 0 aliphatic heterocycles. The number of aryl methyl sites for hydroxylation is 1. The van der Waals surface area contributed by atoms with Gasteiger partial charge in [0.15, 0.2) is 29.7 Å². The molecule has 0 spiro atoms. The maximum atomic E-state index is 14.5. The van der Waals surface area contributed by atoms with Crippen LogP contribution in [0.3, 0.4) is 0 Å². The minimum Gasteiger partial charge on any atom is -0.491 e. The summed E-state index contributed by atoms with van der Waals surface area (Å²) in [6.07, 6.45) is -3.83. The van der Waals surface area contributed by atoms with Gasteiger partial charge in [-0.3, -0.25) is 0 Å². The Balaban J connectivity index is 1.42. The fraction of sp³-hybridized carbons (Fsp3) is 0.172. The molecular formula is C29H22F6O3. The van der Waals surface area contributed by atoms with Gasteiger partial charge in [0.2, 0.25) is 11.6 Å². The van der Waals surface area contributed by atoms with Crippen LogP contribution in [0.1, 0.15) is 12.5 Å². The van der Waals surface area contributed by atoms with Gasteiger partial charge >= 0.3 is 6.11 Å². The standard InChI is InChI=1S/C29H22F6O3/c1-3-36-23-15-13-22(26(31)28(23)33)20-7-5-18(6-8-20)19-9-11-21(12-10-19)38-29(34,35)16-37-24-14-4-17(2)25(30)27(24)32/h4-15H,3,16H2,1-2H3. The zero-order valence-corrected chi connectivity index (χ0v) is 20.3. The Hall–Kier alpha value is -4.14. The molecule has 4 rings (SSSR count). The molecule has 4 aromatic carbocycles. The lowest BCUT2D eigenvalue weighted by Crippen LogP contribution is -2.32. The fourth-order valence-corrected chi connectivity index (χ4v) is 3.68. The quantitative estimate of drug-likeness (QED) is 0.203. The molecule has 9 heteroatoms. The van der Waals surface area contributed by atoms with Crippen molar-refractivity contribution < 1.29 is 40.6 Å². The summed E-state index contributed by atoms with van der Waals surface area (Å²) in [6.45, 7) is 1.87. The topological polar surface area (TPSA) is 27.7 Å². The van der Waals surface area contributed by atoms with E-state index in [1.54, 1.807) is 31.2 Å². The molecule has 3 nitrogen and oxygen atoms in total. The van der Waals surface area contributed by atoms with E-state index in [2.05, 4.69) is 4.74 Å². The molecule has 0 aliphatic carbocycles. The summed E-state index contributed by atoms with van der Waals surface area (Å²) < 4.78 is 99.1. The van der Waals surface area contributed by atoms with Crippen molar-refractivity contribution in [1.29, 1.82) is 0 Å². The summed E-state index contributed by atoms with van der Waals surface area (Å²) in [5.41, 5.74) is 1.87. The molecule has 0 N–H and O–H groups in total. The van der Waals surface area contributed by atoms with E-state index in [0.29, 0.717) is 16.7 Å². The van der Waals surface area contributed by atoms with Crippen LogP contribution in [0.25, 0.3) is 22.3 Å². The van der Waals surface area contributed by atoms with Crippen LogP contribution in [-0.4, -0.2) is 19.3 Å². The second-order valence-corrected chi connectivity index (χ2v) is 8.31. The van der Waals surface area contributed by atoms with Crippen LogP contribution in [0.4, 0.5) is 26.3 Å². The Morgan fingerprint density at radius 1 is 0.605 bits per heavy atom. The summed E-state index contributed by atoms with van der Waals surface area (Å²) in [5.74, 6) is -5.61. The summed E-state index contributed by atoms with van der Waals surface area (Å²) in [6, 6.07) is 17.3. The SMILES string of the molecule is CCOc1ccc(-c2ccc(-c3ccc(OC(F)(F)COc4ccc(C)c(F)c4F)cc3)cc2)c(F)c1F. The van der Waals surface area contributed by atoms with E-state index in [4.69, 9.17) is 9.47 Å². The molecule has 0 bridgehead atoms. The molecule has 0 saturated heterocycles. The highest BCUT2D eigenvalue weighted by atomic mass is 19.3. The Labute approximate surface area is 215 Å². The molecule has 0 fully saturated rings. The Kier molecular flexibility index (Phi) is 7.85. The van der Waals surface area contributed by atoms with Crippen molar-refractivity contribution in [2.45, 2.75) is 20.0 Å². The van der Waals surface area contributed by atoms with E-state index in [-0.39, 0.29) is 29.2 Å². The predicted molar refractivity (Wildman–Crippen MR) is 131 cm³/mol. The summed E-state index contributed by atoms with van der Waals surface area (Å²) >= 11 is 0. The van der Waals surface area contributed by atoms with Gasteiger partial charge in [0.05, 0.1) is 6.61 Å². The van der Waals surface area contributed by atoms with Gasteiger partial charge in [-0.25, -0.2) is 8.78 Å². The first-order valence-electron chi connectivity index (χ1n) is 11.6. The molecular weight excluding hydrogens is 510 g/mol. The van der Waals surface area contributed by atoms with Crippen LogP contribution < -0.4 is 14.2 Å². The summed E-state index contributed by atoms with van der Waals surface area (Å²) in [4.78, 5) is 0. The van der Waals surface area contributed by atoms with Crippen molar-refractivity contribution in [1.82, 2.24) is 0 Å². The zero-order chi connectivity index (χ0) is 27.4. The molecule has 0 unspecified atom stereocenters. The number of alkyl halides is 2. The third kappa shape index (κ3) is 5.88. The maximum absolute atomic E-state index is 14.5. The predicted octanol–water partition coefficient (Wildman–Crippen LogP) is 8.33. The third-order valence-electron chi connectivity index (χ3n) is 5.63. The van der Waals surface area contributed by atoms with Crippen molar-refractivity contribution in [3.63, 3.8) is 0 Å². The fourth-order valence-electron chi connectivity index (χ4n) is 3.68. The maximum Gasteiger partial charge on any atom is 0.432 e. The third-order valence-corrected chi connectivity index (χ3v) is 5.63. The normalized spacial score (nSPS) is 11.4. The van der Waals surface area contributed by atoms with Crippen molar-refractivity contribution >= 4 is 0 Å². The molecule has 0 aromatic heterocycles. The number of hydrogen-bond donors (Lipinski definition) is 0. The molecule has 0 saturated carbocycles. The van der Waals surface area contributed by atoms with Crippen LogP contribution in [0, 0.1) is 30.2 Å². The highest BCUT2D eigenvalue weighted by molar-refractivity contribution is 5.71. The molecule has 0 atom stereocenters. The number of ether oxygens (including phenoxy) is 3. The Bertz CT molecular complexity index is 1420. The van der Waals surface area contributed by atoms with E-state index in [1.165, 1.54) is 49.4 Å². The Morgan fingerprint density at radius 3 is 1.76 bits per heavy atom. The molecule has 198 valence electrons. The number of rotatable bonds is 9. The molecule has 0 radical (unpaired) electrons. The minimum absolute atomic E-state index is 0.0184. The molecule has 0 heterocycles. The number of hydrogen-bond acceptors (Lipinski definition) is 3. The average Bonchev–Trinajstić information content (AvgIpc) is 2.90. The van der Waals surface area contributed by atoms with E-state index in [9.17, 15) is 26.3 Å². The minimum atomic E-state index is -3.83. The van der Waals surface area contributed by atoms with E-state index in [1.807, 2.05) is 0 Å². The van der Waals surface area contributed by atoms with E-state index < -0.39 is 41.7 Å². The van der Waals surface area contributed by atoms with Crippen molar-refractivity contribution in [3.05, 3.63) is 102 Å². The second kappa shape index (κ2) is 11.1. The lowest BCUT2D eigenvalue weighted by atomic mass is 9.99. The first kappa shape index (κ1) is 26.9. The van der Waals surface area contributed by atoms with Crippen molar-refractivity contribution in [2.24, 2.45) is 0 Å². The molecule has 0 aliphatic rings. The average molecular weight is 532 g/mol. The highest BCUT2D eigenvalue weighted by Crippen LogP contribution is 2.32. The van der Waals surface area contributed by atoms with Gasteiger partial charge in [-0.2, -0.15) is 17.6 Å². The zero-order valence-electron chi connectivity index (χ0n) is 20.3. The van der Waals surface area contributed by atoms with Crippen molar-refractivity contribution in [2.75, 3.05) is 13.2 Å². The van der Waals surface area contributed by atoms with Crippen LogP contribution >= 0.6 is 0 Å². The lowest BCUT2D eigenvalue weighted by Gasteiger charge is -2.19. The van der Waals surface area contributed by atoms with Crippen LogP contribution in [0.15, 0.2) is 72.8 Å². The largest absolute Gasteiger partial charge is 0.491 e. The van der Waals surface area contributed by atoms with Gasteiger partial charge in [0.25, 0.3) is 0 Å². The monoisotopic (exact) mass is 532 g/mol. The number of halogens is 6. The number of benzene rings is 4. The molecule has 0 amide bonds. The summed E-state index contributed by atoms with van der Waals surface area (Å²) in [7, 11) is 0. The Morgan fingerprint density at radius 2 is 1.13 bits per heavy atom. The lowest BCUT2D eigenvalue weighted by molar-refractivity contribution is -0.195. The highest BCUT2D eigenvalue weighted by Gasteiger charge is 2.33. The van der Waals surface area contributed by atoms with Crippen molar-refractivity contribution in [3.8, 4) is 39.5 Å². The van der Waals surface area contributed by atoms with Gasteiger partial charge in [-0.15, -0.1) is 0 Å². The second-order valence-electron chi connectivity index (χ2n) is 8.31. The first-order valence-corrected chi connectivity index (χ1v) is 11.6. The van der Waals surface area contributed by atoms with Crippen LogP contribution in [-0.2, 0) is 0 Å². The van der Waals surface area contributed by atoms with Gasteiger partial charge in [0.1, 0.15) is 5.75 Å². The molecule has 38 heavy (non-hydrogen) atoms. The van der Waals surface area contributed by atoms with Gasteiger partial charge in [-0.05, 0) is 66.4 Å². The first-order chi connectivity index (χ1) is 18.1. The van der Waals surface area contributed by atoms with Gasteiger partial charge in [0, 0.05) is 5.56 Å². The van der Waals surface area contributed by atoms with E-state index in [0.717, 1.165) is 6.07 Å². The molecule has 4 aromatic rings. The van der Waals surface area contributed by atoms with Crippen LogP contribution in [0.2, 0.25) is 0 Å². The summed E-state index contributed by atoms with van der Waals surface area (Å²) in [5, 5.41) is 0. The smallest absolute Gasteiger partial charge is 0.432 e. The van der Waals surface area contributed by atoms with Gasteiger partial charge in [-0.1, -0.05) is 42.5 Å². The van der Waals surface area contributed by atoms with E-state index >= 15 is 0 Å².